The average molecular weight is 240 g/mol. The molecule has 1 aromatic carbocycles. The molecule has 0 aliphatic heterocycles. The van der Waals surface area contributed by atoms with Crippen LogP contribution in [0.3, 0.4) is 0 Å². The lowest BCUT2D eigenvalue weighted by Gasteiger charge is -2.14. The SMILES string of the molecule is O=C1C(c2ccoc2)=CC(=O)c2c(O)cccc21. The van der Waals surface area contributed by atoms with Crippen molar-refractivity contribution in [2.45, 2.75) is 0 Å². The highest BCUT2D eigenvalue weighted by Gasteiger charge is 2.28. The molecule has 0 saturated carbocycles. The molecule has 0 fully saturated rings. The summed E-state index contributed by atoms with van der Waals surface area (Å²) in [6, 6.07) is 6.07. The van der Waals surface area contributed by atoms with Crippen LogP contribution >= 0.6 is 0 Å². The number of fused-ring (bicyclic) bond motifs is 1. The first-order valence-corrected chi connectivity index (χ1v) is 5.34. The lowest BCUT2D eigenvalue weighted by Crippen LogP contribution is -2.16. The summed E-state index contributed by atoms with van der Waals surface area (Å²) in [7, 11) is 0. The van der Waals surface area contributed by atoms with Crippen molar-refractivity contribution < 1.29 is 19.1 Å². The van der Waals surface area contributed by atoms with Gasteiger partial charge in [-0.15, -0.1) is 0 Å². The summed E-state index contributed by atoms with van der Waals surface area (Å²) in [5.74, 6) is -0.839. The molecule has 1 aromatic heterocycles. The number of carbonyl (C=O) groups excluding carboxylic acids is 2. The molecule has 3 rings (SSSR count). The van der Waals surface area contributed by atoms with Crippen LogP contribution in [0.1, 0.15) is 26.3 Å². The summed E-state index contributed by atoms with van der Waals surface area (Å²) in [5, 5.41) is 9.64. The van der Waals surface area contributed by atoms with Crippen molar-refractivity contribution in [1.29, 1.82) is 0 Å². The van der Waals surface area contributed by atoms with Crippen molar-refractivity contribution in [3.05, 3.63) is 59.6 Å². The summed E-state index contributed by atoms with van der Waals surface area (Å²) in [5.41, 5.74) is 1.13. The van der Waals surface area contributed by atoms with Gasteiger partial charge < -0.3 is 9.52 Å². The number of hydrogen-bond donors (Lipinski definition) is 1. The Morgan fingerprint density at radius 3 is 2.67 bits per heavy atom. The predicted octanol–water partition coefficient (Wildman–Crippen LogP) is 2.45. The zero-order valence-electron chi connectivity index (χ0n) is 9.21. The van der Waals surface area contributed by atoms with Gasteiger partial charge in [-0.2, -0.15) is 0 Å². The van der Waals surface area contributed by atoms with E-state index in [1.807, 2.05) is 0 Å². The summed E-state index contributed by atoms with van der Waals surface area (Å²) < 4.78 is 4.91. The predicted molar refractivity (Wildman–Crippen MR) is 63.5 cm³/mol. The number of phenolic OH excluding ortho intramolecular Hbond substituents is 1. The van der Waals surface area contributed by atoms with E-state index in [2.05, 4.69) is 0 Å². The lowest BCUT2D eigenvalue weighted by atomic mass is 9.86. The zero-order chi connectivity index (χ0) is 12.7. The van der Waals surface area contributed by atoms with Crippen molar-refractivity contribution in [3.8, 4) is 5.75 Å². The van der Waals surface area contributed by atoms with Crippen molar-refractivity contribution in [3.63, 3.8) is 0 Å². The standard InChI is InChI=1S/C14H8O4/c15-11-3-1-2-9-13(11)12(16)6-10(14(9)17)8-4-5-18-7-8/h1-7,15H. The minimum absolute atomic E-state index is 0.0646. The molecule has 0 unspecified atom stereocenters. The van der Waals surface area contributed by atoms with Crippen LogP contribution < -0.4 is 0 Å². The van der Waals surface area contributed by atoms with Gasteiger partial charge >= 0.3 is 0 Å². The van der Waals surface area contributed by atoms with Gasteiger partial charge in [-0.05, 0) is 18.2 Å². The monoisotopic (exact) mass is 240 g/mol. The summed E-state index contributed by atoms with van der Waals surface area (Å²) in [6.07, 6.45) is 4.08. The Balaban J connectivity index is 2.21. The van der Waals surface area contributed by atoms with Crippen molar-refractivity contribution in [1.82, 2.24) is 0 Å². The molecule has 2 aromatic rings. The molecule has 1 heterocycles. The average Bonchev–Trinajstić information content (AvgIpc) is 2.87. The van der Waals surface area contributed by atoms with Crippen LogP contribution in [0.5, 0.6) is 5.75 Å². The topological polar surface area (TPSA) is 67.5 Å². The number of allylic oxidation sites excluding steroid dienone is 2. The third-order valence-corrected chi connectivity index (χ3v) is 2.89. The van der Waals surface area contributed by atoms with E-state index >= 15 is 0 Å². The molecule has 0 bridgehead atoms. The van der Waals surface area contributed by atoms with Gasteiger partial charge in [0.05, 0.1) is 18.1 Å². The molecule has 18 heavy (non-hydrogen) atoms. The largest absolute Gasteiger partial charge is 0.507 e. The minimum Gasteiger partial charge on any atom is -0.507 e. The molecule has 1 aliphatic carbocycles. The number of rotatable bonds is 1. The molecule has 0 amide bonds. The van der Waals surface area contributed by atoms with Crippen LogP contribution in [0.4, 0.5) is 0 Å². The Morgan fingerprint density at radius 1 is 1.11 bits per heavy atom. The van der Waals surface area contributed by atoms with E-state index in [0.29, 0.717) is 5.56 Å². The highest BCUT2D eigenvalue weighted by Crippen LogP contribution is 2.32. The maximum atomic E-state index is 12.2. The van der Waals surface area contributed by atoms with Gasteiger partial charge in [0.15, 0.2) is 11.6 Å². The molecule has 0 spiro atoms. The molecule has 88 valence electrons. The van der Waals surface area contributed by atoms with Gasteiger partial charge in [0.25, 0.3) is 0 Å². The van der Waals surface area contributed by atoms with Gasteiger partial charge in [0, 0.05) is 16.7 Å². The van der Waals surface area contributed by atoms with E-state index in [1.54, 1.807) is 6.07 Å². The van der Waals surface area contributed by atoms with Gasteiger partial charge in [0.1, 0.15) is 5.75 Å². The molecule has 1 aliphatic rings. The fourth-order valence-electron chi connectivity index (χ4n) is 2.03. The molecule has 0 radical (unpaired) electrons. The molecule has 0 atom stereocenters. The first-order valence-electron chi connectivity index (χ1n) is 5.34. The second-order valence-electron chi connectivity index (χ2n) is 3.96. The summed E-state index contributed by atoms with van der Waals surface area (Å²) in [6.45, 7) is 0. The van der Waals surface area contributed by atoms with Crippen LogP contribution in [-0.4, -0.2) is 16.7 Å². The first-order chi connectivity index (χ1) is 8.68. The van der Waals surface area contributed by atoms with E-state index in [-0.39, 0.29) is 34.0 Å². The van der Waals surface area contributed by atoms with Crippen LogP contribution in [0.2, 0.25) is 0 Å². The van der Waals surface area contributed by atoms with Crippen molar-refractivity contribution in [2.24, 2.45) is 0 Å². The van der Waals surface area contributed by atoms with E-state index in [9.17, 15) is 14.7 Å². The summed E-state index contributed by atoms with van der Waals surface area (Å²) in [4.78, 5) is 24.2. The second-order valence-corrected chi connectivity index (χ2v) is 3.96. The minimum atomic E-state index is -0.376. The fourth-order valence-corrected chi connectivity index (χ4v) is 2.03. The maximum absolute atomic E-state index is 12.2. The van der Waals surface area contributed by atoms with E-state index in [1.165, 1.54) is 36.8 Å². The summed E-state index contributed by atoms with van der Waals surface area (Å²) >= 11 is 0. The Morgan fingerprint density at radius 2 is 1.94 bits per heavy atom. The molecule has 4 heteroatoms. The van der Waals surface area contributed by atoms with E-state index in [4.69, 9.17) is 4.42 Å². The maximum Gasteiger partial charge on any atom is 0.194 e. The molecular weight excluding hydrogens is 232 g/mol. The number of aromatic hydroxyl groups is 1. The number of Topliss-reactive ketones (excluding diaryl/α,β-unsaturated/α-hetero) is 1. The molecule has 0 saturated heterocycles. The van der Waals surface area contributed by atoms with Gasteiger partial charge in [-0.25, -0.2) is 0 Å². The number of benzene rings is 1. The van der Waals surface area contributed by atoms with E-state index in [0.717, 1.165) is 0 Å². The van der Waals surface area contributed by atoms with Crippen LogP contribution in [0.15, 0.2) is 47.3 Å². The third-order valence-electron chi connectivity index (χ3n) is 2.89. The highest BCUT2D eigenvalue weighted by molar-refractivity contribution is 6.39. The van der Waals surface area contributed by atoms with Gasteiger partial charge in [0.2, 0.25) is 0 Å². The Kier molecular flexibility index (Phi) is 2.16. The van der Waals surface area contributed by atoms with Gasteiger partial charge in [-0.1, -0.05) is 12.1 Å². The number of phenols is 1. The van der Waals surface area contributed by atoms with Crippen molar-refractivity contribution in [2.75, 3.05) is 0 Å². The Hall–Kier alpha value is -2.62. The third kappa shape index (κ3) is 1.39. The zero-order valence-corrected chi connectivity index (χ0v) is 9.21. The Bertz CT molecular complexity index is 678. The van der Waals surface area contributed by atoms with Crippen LogP contribution in [0, 0.1) is 0 Å². The van der Waals surface area contributed by atoms with E-state index < -0.39 is 0 Å². The fraction of sp³-hybridized carbons (Fsp3) is 0. The quantitative estimate of drug-likeness (QED) is 0.831. The molecule has 4 nitrogen and oxygen atoms in total. The highest BCUT2D eigenvalue weighted by atomic mass is 16.3. The lowest BCUT2D eigenvalue weighted by molar-refractivity contribution is 0.0999. The number of ketones is 2. The number of hydrogen-bond acceptors (Lipinski definition) is 4. The smallest absolute Gasteiger partial charge is 0.194 e. The normalized spacial score (nSPS) is 14.3. The van der Waals surface area contributed by atoms with Crippen LogP contribution in [-0.2, 0) is 0 Å². The van der Waals surface area contributed by atoms with Crippen molar-refractivity contribution >= 4 is 17.1 Å². The molecule has 1 N–H and O–H groups in total. The number of carbonyl (C=O) groups is 2. The Labute approximate surface area is 102 Å². The molecular formula is C14H8O4. The second kappa shape index (κ2) is 3.70. The van der Waals surface area contributed by atoms with Gasteiger partial charge in [-0.3, -0.25) is 9.59 Å². The first kappa shape index (κ1) is 10.5. The number of furan rings is 1. The van der Waals surface area contributed by atoms with Crippen LogP contribution in [0.25, 0.3) is 5.57 Å².